The second kappa shape index (κ2) is 2.74. The molecule has 0 amide bonds. The lowest BCUT2D eigenvalue weighted by Crippen LogP contribution is -2.03. The second-order valence-electron chi connectivity index (χ2n) is 2.34. The van der Waals surface area contributed by atoms with Crippen molar-refractivity contribution in [2.24, 2.45) is 0 Å². The molecule has 2 aromatic rings. The molecule has 2 aromatic heterocycles. The number of nitrogens with zero attached hydrogens (tertiary/aromatic N) is 3. The molecule has 0 atom stereocenters. The minimum absolute atomic E-state index is 0.213. The SMILES string of the molecule is O=C(O)Oc1ccc2cnnn2c1. The quantitative estimate of drug-likeness (QED) is 0.654. The molecule has 0 saturated heterocycles. The number of aromatic nitrogens is 3. The molecule has 0 unspecified atom stereocenters. The summed E-state index contributed by atoms with van der Waals surface area (Å²) in [6.45, 7) is 0. The monoisotopic (exact) mass is 179 g/mol. The molecule has 0 spiro atoms. The molecule has 6 nitrogen and oxygen atoms in total. The lowest BCUT2D eigenvalue weighted by molar-refractivity contribution is 0.144. The van der Waals surface area contributed by atoms with Crippen LogP contribution in [0.4, 0.5) is 4.79 Å². The Kier molecular flexibility index (Phi) is 1.59. The van der Waals surface area contributed by atoms with Crippen LogP contribution in [-0.2, 0) is 0 Å². The van der Waals surface area contributed by atoms with Crippen LogP contribution in [0.1, 0.15) is 0 Å². The molecule has 0 radical (unpaired) electrons. The number of hydrogen-bond acceptors (Lipinski definition) is 4. The van der Waals surface area contributed by atoms with E-state index in [-0.39, 0.29) is 5.75 Å². The van der Waals surface area contributed by atoms with Crippen molar-refractivity contribution in [3.05, 3.63) is 24.5 Å². The van der Waals surface area contributed by atoms with E-state index in [1.54, 1.807) is 12.3 Å². The topological polar surface area (TPSA) is 76.7 Å². The number of carbonyl (C=O) groups is 1. The van der Waals surface area contributed by atoms with Gasteiger partial charge in [-0.2, -0.15) is 0 Å². The van der Waals surface area contributed by atoms with Gasteiger partial charge in [-0.3, -0.25) is 0 Å². The fourth-order valence-electron chi connectivity index (χ4n) is 0.963. The predicted molar refractivity (Wildman–Crippen MR) is 41.6 cm³/mol. The van der Waals surface area contributed by atoms with Crippen LogP contribution in [0.3, 0.4) is 0 Å². The average molecular weight is 179 g/mol. The minimum atomic E-state index is -1.35. The maximum Gasteiger partial charge on any atom is 0.511 e. The molecule has 0 aliphatic heterocycles. The molecule has 0 saturated carbocycles. The van der Waals surface area contributed by atoms with Gasteiger partial charge in [0.1, 0.15) is 0 Å². The third-order valence-electron chi connectivity index (χ3n) is 1.48. The Labute approximate surface area is 72.4 Å². The fourth-order valence-corrected chi connectivity index (χ4v) is 0.963. The lowest BCUT2D eigenvalue weighted by atomic mass is 10.4. The van der Waals surface area contributed by atoms with E-state index in [1.807, 2.05) is 0 Å². The summed E-state index contributed by atoms with van der Waals surface area (Å²) >= 11 is 0. The van der Waals surface area contributed by atoms with Crippen LogP contribution in [0.2, 0.25) is 0 Å². The lowest BCUT2D eigenvalue weighted by Gasteiger charge is -1.98. The molecule has 66 valence electrons. The zero-order chi connectivity index (χ0) is 9.26. The van der Waals surface area contributed by atoms with Crippen molar-refractivity contribution in [2.45, 2.75) is 0 Å². The van der Waals surface area contributed by atoms with Gasteiger partial charge in [0.15, 0.2) is 5.75 Å². The third kappa shape index (κ3) is 1.41. The van der Waals surface area contributed by atoms with Gasteiger partial charge in [0.2, 0.25) is 0 Å². The number of carboxylic acid groups (broad SMARTS) is 1. The molecule has 0 aliphatic carbocycles. The standard InChI is InChI=1S/C7H5N3O3/c11-7(12)13-6-2-1-5-3-8-9-10(5)4-6/h1-4H,(H,11,12). The maximum atomic E-state index is 10.2. The molecule has 0 bridgehead atoms. The fraction of sp³-hybridized carbons (Fsp3) is 0. The van der Waals surface area contributed by atoms with Crippen molar-refractivity contribution in [1.29, 1.82) is 0 Å². The highest BCUT2D eigenvalue weighted by Gasteiger charge is 2.02. The second-order valence-corrected chi connectivity index (χ2v) is 2.34. The molecule has 2 rings (SSSR count). The number of hydrogen-bond donors (Lipinski definition) is 1. The maximum absolute atomic E-state index is 10.2. The molecule has 0 aromatic carbocycles. The van der Waals surface area contributed by atoms with Crippen molar-refractivity contribution in [3.63, 3.8) is 0 Å². The molecule has 6 heteroatoms. The predicted octanol–water partition coefficient (Wildman–Crippen LogP) is 0.786. The number of pyridine rings is 1. The van der Waals surface area contributed by atoms with Crippen molar-refractivity contribution in [1.82, 2.24) is 14.8 Å². The normalized spacial score (nSPS) is 10.2. The van der Waals surface area contributed by atoms with Crippen LogP contribution in [0, 0.1) is 0 Å². The number of fused-ring (bicyclic) bond motifs is 1. The summed E-state index contributed by atoms with van der Waals surface area (Å²) in [5, 5.41) is 15.6. The van der Waals surface area contributed by atoms with Gasteiger partial charge in [0, 0.05) is 0 Å². The smallest absolute Gasteiger partial charge is 0.449 e. The van der Waals surface area contributed by atoms with E-state index in [4.69, 9.17) is 5.11 Å². The Morgan fingerprint density at radius 3 is 3.15 bits per heavy atom. The van der Waals surface area contributed by atoms with E-state index in [0.29, 0.717) is 0 Å². The third-order valence-corrected chi connectivity index (χ3v) is 1.48. The van der Waals surface area contributed by atoms with Gasteiger partial charge < -0.3 is 9.84 Å². The molecule has 0 aliphatic rings. The van der Waals surface area contributed by atoms with Gasteiger partial charge in [0.05, 0.1) is 17.9 Å². The van der Waals surface area contributed by atoms with Crippen molar-refractivity contribution >= 4 is 11.7 Å². The van der Waals surface area contributed by atoms with Crippen LogP contribution in [-0.4, -0.2) is 26.1 Å². The number of ether oxygens (including phenoxy) is 1. The van der Waals surface area contributed by atoms with Crippen molar-refractivity contribution in [2.75, 3.05) is 0 Å². The molecule has 13 heavy (non-hydrogen) atoms. The first-order chi connectivity index (χ1) is 6.25. The van der Waals surface area contributed by atoms with Gasteiger partial charge in [-0.1, -0.05) is 5.21 Å². The summed E-state index contributed by atoms with van der Waals surface area (Å²) in [5.74, 6) is 0.213. The molecule has 0 fully saturated rings. The number of rotatable bonds is 1. The van der Waals surface area contributed by atoms with Gasteiger partial charge >= 0.3 is 6.16 Å². The van der Waals surface area contributed by atoms with Gasteiger partial charge in [-0.15, -0.1) is 5.10 Å². The Bertz CT molecular complexity index is 451. The first-order valence-corrected chi connectivity index (χ1v) is 3.46. The van der Waals surface area contributed by atoms with Gasteiger partial charge in [0.25, 0.3) is 0 Å². The molecular weight excluding hydrogens is 174 g/mol. The zero-order valence-electron chi connectivity index (χ0n) is 6.41. The van der Waals surface area contributed by atoms with Crippen LogP contribution >= 0.6 is 0 Å². The summed E-state index contributed by atoms with van der Waals surface area (Å²) < 4.78 is 5.85. The highest BCUT2D eigenvalue weighted by molar-refractivity contribution is 5.61. The van der Waals surface area contributed by atoms with E-state index >= 15 is 0 Å². The molecule has 1 N–H and O–H groups in total. The van der Waals surface area contributed by atoms with Crippen LogP contribution in [0.5, 0.6) is 5.75 Å². The summed E-state index contributed by atoms with van der Waals surface area (Å²) in [4.78, 5) is 10.2. The van der Waals surface area contributed by atoms with Crippen LogP contribution in [0.25, 0.3) is 5.52 Å². The first-order valence-electron chi connectivity index (χ1n) is 3.46. The molecular formula is C7H5N3O3. The highest BCUT2D eigenvalue weighted by Crippen LogP contribution is 2.11. The average Bonchev–Trinajstić information content (AvgIpc) is 2.49. The Hall–Kier alpha value is -2.11. The van der Waals surface area contributed by atoms with Gasteiger partial charge in [-0.05, 0) is 12.1 Å². The van der Waals surface area contributed by atoms with Crippen molar-refractivity contribution in [3.8, 4) is 5.75 Å². The van der Waals surface area contributed by atoms with E-state index in [9.17, 15) is 4.79 Å². The summed E-state index contributed by atoms with van der Waals surface area (Å²) in [6, 6.07) is 3.20. The Morgan fingerprint density at radius 2 is 2.38 bits per heavy atom. The van der Waals surface area contributed by atoms with Crippen LogP contribution < -0.4 is 4.74 Å². The Morgan fingerprint density at radius 1 is 1.54 bits per heavy atom. The summed E-state index contributed by atoms with van der Waals surface area (Å²) in [5.41, 5.74) is 0.776. The Balaban J connectivity index is 2.42. The van der Waals surface area contributed by atoms with Crippen LogP contribution in [0.15, 0.2) is 24.5 Å². The zero-order valence-corrected chi connectivity index (χ0v) is 6.41. The highest BCUT2D eigenvalue weighted by atomic mass is 16.7. The van der Waals surface area contributed by atoms with E-state index < -0.39 is 6.16 Å². The summed E-state index contributed by atoms with van der Waals surface area (Å²) in [7, 11) is 0. The van der Waals surface area contributed by atoms with E-state index in [0.717, 1.165) is 5.52 Å². The van der Waals surface area contributed by atoms with E-state index in [1.165, 1.54) is 16.8 Å². The first kappa shape index (κ1) is 7.53. The largest absolute Gasteiger partial charge is 0.511 e. The van der Waals surface area contributed by atoms with Crippen molar-refractivity contribution < 1.29 is 14.6 Å². The van der Waals surface area contributed by atoms with E-state index in [2.05, 4.69) is 15.0 Å². The van der Waals surface area contributed by atoms with Gasteiger partial charge in [-0.25, -0.2) is 9.31 Å². The minimum Gasteiger partial charge on any atom is -0.449 e. The summed E-state index contributed by atoms with van der Waals surface area (Å²) in [6.07, 6.45) is 1.65. The molecule has 2 heterocycles.